The summed E-state index contributed by atoms with van der Waals surface area (Å²) in [5.41, 5.74) is 4.51. The van der Waals surface area contributed by atoms with E-state index in [9.17, 15) is 0 Å². The first-order valence-corrected chi connectivity index (χ1v) is 10.8. The van der Waals surface area contributed by atoms with Crippen LogP contribution < -0.4 is 0 Å². The molecule has 2 heterocycles. The number of rotatable bonds is 5. The van der Waals surface area contributed by atoms with Gasteiger partial charge in [-0.05, 0) is 47.5 Å². The monoisotopic (exact) mass is 408 g/mol. The topological polar surface area (TPSA) is 43.6 Å². The number of benzene rings is 3. The molecule has 5 rings (SSSR count). The summed E-state index contributed by atoms with van der Waals surface area (Å²) in [5.74, 6) is 1.62. The quantitative estimate of drug-likeness (QED) is 0.330. The standard InChI is InChI=1S/C25H20N4S/c1-18-11-13-22(14-12-18)29-24(20-9-5-15-26-16-20)27-28-25(29)30-17-21-8-4-7-19-6-2-3-10-23(19)21/h2-16H,17H2,1H3. The van der Waals surface area contributed by atoms with Crippen LogP contribution in [0.1, 0.15) is 11.1 Å². The van der Waals surface area contributed by atoms with Gasteiger partial charge in [0.2, 0.25) is 0 Å². The molecule has 0 saturated heterocycles. The van der Waals surface area contributed by atoms with Crippen molar-refractivity contribution >= 4 is 22.5 Å². The molecule has 146 valence electrons. The molecule has 0 fully saturated rings. The Kier molecular flexibility index (Phi) is 5.03. The van der Waals surface area contributed by atoms with E-state index in [2.05, 4.69) is 93.4 Å². The van der Waals surface area contributed by atoms with E-state index in [-0.39, 0.29) is 0 Å². The van der Waals surface area contributed by atoms with Crippen molar-refractivity contribution in [1.82, 2.24) is 19.7 Å². The Hall–Kier alpha value is -3.44. The molecule has 0 aliphatic carbocycles. The van der Waals surface area contributed by atoms with E-state index in [0.717, 1.165) is 28.0 Å². The molecule has 2 aromatic heterocycles. The van der Waals surface area contributed by atoms with Crippen molar-refractivity contribution in [3.8, 4) is 17.1 Å². The number of hydrogen-bond acceptors (Lipinski definition) is 4. The Morgan fingerprint density at radius 1 is 0.833 bits per heavy atom. The highest BCUT2D eigenvalue weighted by molar-refractivity contribution is 7.98. The van der Waals surface area contributed by atoms with Gasteiger partial charge in [-0.15, -0.1) is 10.2 Å². The highest BCUT2D eigenvalue weighted by Gasteiger charge is 2.16. The molecule has 0 N–H and O–H groups in total. The van der Waals surface area contributed by atoms with Gasteiger partial charge in [0, 0.05) is 29.4 Å². The number of aryl methyl sites for hydroxylation is 1. The normalized spacial score (nSPS) is 11.1. The molecule has 3 aromatic carbocycles. The average molecular weight is 409 g/mol. The van der Waals surface area contributed by atoms with Crippen molar-refractivity contribution in [2.75, 3.05) is 0 Å². The van der Waals surface area contributed by atoms with E-state index in [4.69, 9.17) is 0 Å². The summed E-state index contributed by atoms with van der Waals surface area (Å²) < 4.78 is 2.12. The van der Waals surface area contributed by atoms with Gasteiger partial charge in [-0.25, -0.2) is 0 Å². The van der Waals surface area contributed by atoms with E-state index in [1.165, 1.54) is 21.9 Å². The number of fused-ring (bicyclic) bond motifs is 1. The molecule has 5 aromatic rings. The Bertz CT molecular complexity index is 1290. The zero-order chi connectivity index (χ0) is 20.3. The highest BCUT2D eigenvalue weighted by Crippen LogP contribution is 2.31. The number of thioether (sulfide) groups is 1. The Balaban J connectivity index is 1.55. The number of hydrogen-bond donors (Lipinski definition) is 0. The Morgan fingerprint density at radius 3 is 2.50 bits per heavy atom. The molecule has 0 radical (unpaired) electrons. The predicted octanol–water partition coefficient (Wildman–Crippen LogP) is 6.08. The lowest BCUT2D eigenvalue weighted by Gasteiger charge is -2.11. The molecule has 0 saturated carbocycles. The van der Waals surface area contributed by atoms with Crippen LogP contribution >= 0.6 is 11.8 Å². The minimum atomic E-state index is 0.798. The zero-order valence-electron chi connectivity index (χ0n) is 16.6. The molecule has 0 bridgehead atoms. The van der Waals surface area contributed by atoms with Crippen molar-refractivity contribution in [2.45, 2.75) is 17.8 Å². The lowest BCUT2D eigenvalue weighted by Crippen LogP contribution is -2.00. The summed E-state index contributed by atoms with van der Waals surface area (Å²) >= 11 is 1.70. The Morgan fingerprint density at radius 2 is 1.67 bits per heavy atom. The van der Waals surface area contributed by atoms with Crippen LogP contribution in [-0.4, -0.2) is 19.7 Å². The second-order valence-corrected chi connectivity index (χ2v) is 8.09. The first-order valence-electron chi connectivity index (χ1n) is 9.82. The third kappa shape index (κ3) is 3.60. The van der Waals surface area contributed by atoms with Crippen LogP contribution in [0.5, 0.6) is 0 Å². The predicted molar refractivity (Wildman–Crippen MR) is 123 cm³/mol. The fraction of sp³-hybridized carbons (Fsp3) is 0.0800. The molecular formula is C25H20N4S. The fourth-order valence-corrected chi connectivity index (χ4v) is 4.49. The summed E-state index contributed by atoms with van der Waals surface area (Å²) in [6, 6.07) is 27.3. The van der Waals surface area contributed by atoms with Gasteiger partial charge in [0.1, 0.15) is 0 Å². The van der Waals surface area contributed by atoms with Gasteiger partial charge in [0.15, 0.2) is 11.0 Å². The third-order valence-corrected chi connectivity index (χ3v) is 6.06. The number of pyridine rings is 1. The van der Waals surface area contributed by atoms with Crippen LogP contribution in [0.25, 0.3) is 27.8 Å². The second-order valence-electron chi connectivity index (χ2n) is 7.15. The molecule has 5 heteroatoms. The summed E-state index contributed by atoms with van der Waals surface area (Å²) in [4.78, 5) is 4.26. The van der Waals surface area contributed by atoms with Crippen LogP contribution in [0.15, 0.2) is 96.4 Å². The van der Waals surface area contributed by atoms with E-state index in [1.807, 2.05) is 18.3 Å². The van der Waals surface area contributed by atoms with E-state index in [0.29, 0.717) is 0 Å². The SMILES string of the molecule is Cc1ccc(-n2c(SCc3cccc4ccccc34)nnc2-c2cccnc2)cc1. The van der Waals surface area contributed by atoms with Crippen LogP contribution in [-0.2, 0) is 5.75 Å². The molecule has 30 heavy (non-hydrogen) atoms. The Labute approximate surface area is 179 Å². The summed E-state index contributed by atoms with van der Waals surface area (Å²) in [6.07, 6.45) is 3.60. The van der Waals surface area contributed by atoms with Gasteiger partial charge in [-0.2, -0.15) is 0 Å². The van der Waals surface area contributed by atoms with Crippen LogP contribution in [0.3, 0.4) is 0 Å². The van der Waals surface area contributed by atoms with Crippen LogP contribution in [0, 0.1) is 6.92 Å². The van der Waals surface area contributed by atoms with Gasteiger partial charge < -0.3 is 0 Å². The average Bonchev–Trinajstić information content (AvgIpc) is 3.23. The maximum absolute atomic E-state index is 4.53. The van der Waals surface area contributed by atoms with E-state index in [1.54, 1.807) is 18.0 Å². The van der Waals surface area contributed by atoms with Crippen LogP contribution in [0.2, 0.25) is 0 Å². The molecule has 0 spiro atoms. The fourth-order valence-electron chi connectivity index (χ4n) is 3.53. The lowest BCUT2D eigenvalue weighted by atomic mass is 10.1. The minimum absolute atomic E-state index is 0.798. The van der Waals surface area contributed by atoms with E-state index >= 15 is 0 Å². The smallest absolute Gasteiger partial charge is 0.196 e. The summed E-state index contributed by atoms with van der Waals surface area (Å²) in [5, 5.41) is 12.4. The third-order valence-electron chi connectivity index (χ3n) is 5.08. The molecule has 0 aliphatic heterocycles. The largest absolute Gasteiger partial charge is 0.270 e. The summed E-state index contributed by atoms with van der Waals surface area (Å²) in [7, 11) is 0. The first-order chi connectivity index (χ1) is 14.8. The van der Waals surface area contributed by atoms with Crippen molar-refractivity contribution in [3.05, 3.63) is 102 Å². The van der Waals surface area contributed by atoms with Gasteiger partial charge >= 0.3 is 0 Å². The van der Waals surface area contributed by atoms with Crippen molar-refractivity contribution in [1.29, 1.82) is 0 Å². The first kappa shape index (κ1) is 18.6. The molecule has 0 aliphatic rings. The van der Waals surface area contributed by atoms with Crippen LogP contribution in [0.4, 0.5) is 0 Å². The number of nitrogens with zero attached hydrogens (tertiary/aromatic N) is 4. The highest BCUT2D eigenvalue weighted by atomic mass is 32.2. The van der Waals surface area contributed by atoms with Crippen molar-refractivity contribution in [3.63, 3.8) is 0 Å². The lowest BCUT2D eigenvalue weighted by molar-refractivity contribution is 0.885. The molecular weight excluding hydrogens is 388 g/mol. The molecule has 0 atom stereocenters. The van der Waals surface area contributed by atoms with Gasteiger partial charge in [-0.3, -0.25) is 9.55 Å². The number of aromatic nitrogens is 4. The second kappa shape index (κ2) is 8.13. The molecule has 0 unspecified atom stereocenters. The molecule has 0 amide bonds. The minimum Gasteiger partial charge on any atom is -0.270 e. The zero-order valence-corrected chi connectivity index (χ0v) is 17.4. The van der Waals surface area contributed by atoms with Gasteiger partial charge in [-0.1, -0.05) is 71.9 Å². The van der Waals surface area contributed by atoms with Crippen molar-refractivity contribution in [2.24, 2.45) is 0 Å². The van der Waals surface area contributed by atoms with Gasteiger partial charge in [0.25, 0.3) is 0 Å². The van der Waals surface area contributed by atoms with E-state index < -0.39 is 0 Å². The van der Waals surface area contributed by atoms with Crippen molar-refractivity contribution < 1.29 is 0 Å². The molecule has 4 nitrogen and oxygen atoms in total. The maximum atomic E-state index is 4.53. The van der Waals surface area contributed by atoms with Gasteiger partial charge in [0.05, 0.1) is 0 Å². The maximum Gasteiger partial charge on any atom is 0.196 e. The summed E-state index contributed by atoms with van der Waals surface area (Å²) in [6.45, 7) is 2.09.